The number of fused-ring (bicyclic) bond motifs is 1. The molecule has 0 aliphatic rings. The maximum Gasteiger partial charge on any atom is 0.396 e. The molecule has 0 aliphatic carbocycles. The summed E-state index contributed by atoms with van der Waals surface area (Å²) in [5, 5.41) is 4.34. The van der Waals surface area contributed by atoms with E-state index < -0.39 is 11.9 Å². The summed E-state index contributed by atoms with van der Waals surface area (Å²) in [4.78, 5) is 22.6. The van der Waals surface area contributed by atoms with Crippen LogP contribution < -0.4 is 5.32 Å². The summed E-state index contributed by atoms with van der Waals surface area (Å²) in [5.41, 5.74) is 0.573. The standard InChI is InChI=1S/C13H10BrNO3/c1-18-13(17)12(16)15-11-7-6-10(14)8-4-2-3-5-9(8)11/h2-7H,1H3,(H,15,16). The van der Waals surface area contributed by atoms with E-state index in [9.17, 15) is 9.59 Å². The van der Waals surface area contributed by atoms with Crippen LogP contribution in [0, 0.1) is 0 Å². The van der Waals surface area contributed by atoms with Gasteiger partial charge in [0.2, 0.25) is 0 Å². The van der Waals surface area contributed by atoms with E-state index in [1.807, 2.05) is 30.3 Å². The summed E-state index contributed by atoms with van der Waals surface area (Å²) in [5.74, 6) is -1.70. The highest BCUT2D eigenvalue weighted by Crippen LogP contribution is 2.29. The molecule has 0 atom stereocenters. The summed E-state index contributed by atoms with van der Waals surface area (Å²) >= 11 is 3.44. The van der Waals surface area contributed by atoms with Gasteiger partial charge in [0.05, 0.1) is 7.11 Å². The summed E-state index contributed by atoms with van der Waals surface area (Å²) in [6.07, 6.45) is 0. The average Bonchev–Trinajstić information content (AvgIpc) is 2.41. The third-order valence-corrected chi connectivity index (χ3v) is 3.18. The Morgan fingerprint density at radius 3 is 2.44 bits per heavy atom. The number of ether oxygens (including phenoxy) is 1. The van der Waals surface area contributed by atoms with Gasteiger partial charge in [0.15, 0.2) is 0 Å². The van der Waals surface area contributed by atoms with E-state index in [-0.39, 0.29) is 0 Å². The Labute approximate surface area is 112 Å². The minimum atomic E-state index is -0.915. The lowest BCUT2D eigenvalue weighted by Gasteiger charge is -2.08. The number of anilines is 1. The minimum absolute atomic E-state index is 0.573. The highest BCUT2D eigenvalue weighted by atomic mass is 79.9. The molecule has 0 radical (unpaired) electrons. The molecule has 0 spiro atoms. The lowest BCUT2D eigenvalue weighted by atomic mass is 10.1. The van der Waals surface area contributed by atoms with Gasteiger partial charge in [0.25, 0.3) is 0 Å². The molecule has 0 heterocycles. The molecule has 0 saturated heterocycles. The molecule has 1 N–H and O–H groups in total. The SMILES string of the molecule is COC(=O)C(=O)Nc1ccc(Br)c2ccccc12. The third kappa shape index (κ3) is 2.36. The Morgan fingerprint density at radius 1 is 1.11 bits per heavy atom. The van der Waals surface area contributed by atoms with Crippen LogP contribution in [0.15, 0.2) is 40.9 Å². The maximum absolute atomic E-state index is 11.5. The summed E-state index contributed by atoms with van der Waals surface area (Å²) in [7, 11) is 1.17. The molecule has 18 heavy (non-hydrogen) atoms. The molecule has 0 fully saturated rings. The Hall–Kier alpha value is -1.88. The fraction of sp³-hybridized carbons (Fsp3) is 0.0769. The third-order valence-electron chi connectivity index (χ3n) is 2.49. The van der Waals surface area contributed by atoms with Gasteiger partial charge in [-0.1, -0.05) is 40.2 Å². The number of benzene rings is 2. The first-order valence-corrected chi connectivity index (χ1v) is 5.99. The molecular formula is C13H10BrNO3. The van der Waals surface area contributed by atoms with Gasteiger partial charge in [0, 0.05) is 15.5 Å². The Balaban J connectivity index is 2.43. The Bertz CT molecular complexity index is 625. The first-order chi connectivity index (χ1) is 8.63. The van der Waals surface area contributed by atoms with E-state index in [4.69, 9.17) is 0 Å². The molecule has 2 aromatic carbocycles. The number of hydrogen-bond acceptors (Lipinski definition) is 3. The fourth-order valence-electron chi connectivity index (χ4n) is 1.64. The predicted molar refractivity (Wildman–Crippen MR) is 72.3 cm³/mol. The van der Waals surface area contributed by atoms with Gasteiger partial charge in [-0.25, -0.2) is 4.79 Å². The number of rotatable bonds is 1. The van der Waals surface area contributed by atoms with Gasteiger partial charge in [-0.15, -0.1) is 0 Å². The smallest absolute Gasteiger partial charge is 0.396 e. The zero-order valence-electron chi connectivity index (χ0n) is 9.57. The van der Waals surface area contributed by atoms with Gasteiger partial charge < -0.3 is 10.1 Å². The summed E-state index contributed by atoms with van der Waals surface area (Å²) in [6, 6.07) is 11.1. The first kappa shape index (κ1) is 12.6. The summed E-state index contributed by atoms with van der Waals surface area (Å²) in [6.45, 7) is 0. The van der Waals surface area contributed by atoms with Crippen LogP contribution in [0.4, 0.5) is 5.69 Å². The molecule has 1 amide bonds. The van der Waals surface area contributed by atoms with Crippen molar-refractivity contribution in [3.63, 3.8) is 0 Å². The number of hydrogen-bond donors (Lipinski definition) is 1. The van der Waals surface area contributed by atoms with Crippen LogP contribution in [-0.4, -0.2) is 19.0 Å². The van der Waals surface area contributed by atoms with E-state index in [0.29, 0.717) is 5.69 Å². The van der Waals surface area contributed by atoms with Crippen molar-refractivity contribution in [2.45, 2.75) is 0 Å². The second-order valence-corrected chi connectivity index (χ2v) is 4.44. The van der Waals surface area contributed by atoms with E-state index in [1.54, 1.807) is 6.07 Å². The fourth-order valence-corrected chi connectivity index (χ4v) is 2.12. The van der Waals surface area contributed by atoms with E-state index in [0.717, 1.165) is 15.2 Å². The first-order valence-electron chi connectivity index (χ1n) is 5.20. The number of halogens is 1. The molecule has 92 valence electrons. The molecule has 0 saturated carbocycles. The van der Waals surface area contributed by atoms with Gasteiger partial charge in [-0.3, -0.25) is 4.79 Å². The molecule has 5 heteroatoms. The Kier molecular flexibility index (Phi) is 3.62. The minimum Gasteiger partial charge on any atom is -0.462 e. The topological polar surface area (TPSA) is 55.4 Å². The number of esters is 1. The normalized spacial score (nSPS) is 10.1. The van der Waals surface area contributed by atoms with Crippen LogP contribution in [-0.2, 0) is 14.3 Å². The number of nitrogens with one attached hydrogen (secondary N) is 1. The number of carbonyl (C=O) groups is 2. The average molecular weight is 308 g/mol. The van der Waals surface area contributed by atoms with Crippen molar-refractivity contribution in [2.75, 3.05) is 12.4 Å². The maximum atomic E-state index is 11.5. The van der Waals surface area contributed by atoms with Crippen molar-refractivity contribution < 1.29 is 14.3 Å². The molecule has 0 aliphatic heterocycles. The van der Waals surface area contributed by atoms with Gasteiger partial charge in [-0.2, -0.15) is 0 Å². The number of amides is 1. The number of carbonyl (C=O) groups excluding carboxylic acids is 2. The lowest BCUT2D eigenvalue weighted by Crippen LogP contribution is -2.23. The van der Waals surface area contributed by atoms with Crippen molar-refractivity contribution in [1.29, 1.82) is 0 Å². The molecule has 0 unspecified atom stereocenters. The number of methoxy groups -OCH3 is 1. The quantitative estimate of drug-likeness (QED) is 0.651. The van der Waals surface area contributed by atoms with E-state index in [2.05, 4.69) is 26.0 Å². The van der Waals surface area contributed by atoms with E-state index >= 15 is 0 Å². The van der Waals surface area contributed by atoms with Crippen molar-refractivity contribution in [3.05, 3.63) is 40.9 Å². The highest BCUT2D eigenvalue weighted by Gasteiger charge is 2.15. The van der Waals surface area contributed by atoms with Crippen LogP contribution in [0.2, 0.25) is 0 Å². The van der Waals surface area contributed by atoms with Crippen LogP contribution in [0.1, 0.15) is 0 Å². The van der Waals surface area contributed by atoms with Crippen LogP contribution in [0.3, 0.4) is 0 Å². The van der Waals surface area contributed by atoms with Crippen LogP contribution in [0.25, 0.3) is 10.8 Å². The highest BCUT2D eigenvalue weighted by molar-refractivity contribution is 9.10. The zero-order valence-corrected chi connectivity index (χ0v) is 11.2. The molecule has 4 nitrogen and oxygen atoms in total. The predicted octanol–water partition coefficient (Wildman–Crippen LogP) is 2.71. The van der Waals surface area contributed by atoms with Gasteiger partial charge in [-0.05, 0) is 17.5 Å². The zero-order chi connectivity index (χ0) is 13.1. The second kappa shape index (κ2) is 5.18. The monoisotopic (exact) mass is 307 g/mol. The van der Waals surface area contributed by atoms with Crippen molar-refractivity contribution in [1.82, 2.24) is 0 Å². The molecule has 2 aromatic rings. The van der Waals surface area contributed by atoms with E-state index in [1.165, 1.54) is 7.11 Å². The van der Waals surface area contributed by atoms with Gasteiger partial charge >= 0.3 is 11.9 Å². The summed E-state index contributed by atoms with van der Waals surface area (Å²) < 4.78 is 5.28. The lowest BCUT2D eigenvalue weighted by molar-refractivity contribution is -0.150. The van der Waals surface area contributed by atoms with Crippen molar-refractivity contribution in [2.24, 2.45) is 0 Å². The second-order valence-electron chi connectivity index (χ2n) is 3.59. The van der Waals surface area contributed by atoms with Crippen LogP contribution in [0.5, 0.6) is 0 Å². The molecule has 0 aromatic heterocycles. The largest absolute Gasteiger partial charge is 0.462 e. The molecule has 2 rings (SSSR count). The Morgan fingerprint density at radius 2 is 1.78 bits per heavy atom. The molecular weight excluding hydrogens is 298 g/mol. The van der Waals surface area contributed by atoms with Crippen molar-refractivity contribution in [3.8, 4) is 0 Å². The van der Waals surface area contributed by atoms with Gasteiger partial charge in [0.1, 0.15) is 0 Å². The molecule has 0 bridgehead atoms. The van der Waals surface area contributed by atoms with Crippen LogP contribution >= 0.6 is 15.9 Å². The van der Waals surface area contributed by atoms with Crippen molar-refractivity contribution >= 4 is 44.3 Å².